The van der Waals surface area contributed by atoms with Gasteiger partial charge in [0.2, 0.25) is 5.91 Å². The van der Waals surface area contributed by atoms with E-state index >= 15 is 0 Å². The zero-order chi connectivity index (χ0) is 11.5. The smallest absolute Gasteiger partial charge is 0.237 e. The van der Waals surface area contributed by atoms with E-state index in [0.29, 0.717) is 19.4 Å². The van der Waals surface area contributed by atoms with Crippen LogP contribution in [-0.2, 0) is 9.53 Å². The molecule has 0 radical (unpaired) electrons. The molecule has 0 spiro atoms. The molecule has 0 saturated carbocycles. The fraction of sp³-hybridized carbons (Fsp3) is 0.909. The molecule has 3 N–H and O–H groups in total. The van der Waals surface area contributed by atoms with Crippen LogP contribution < -0.4 is 11.1 Å². The molecule has 1 aliphatic heterocycles. The molecule has 4 nitrogen and oxygen atoms in total. The Bertz CT molecular complexity index is 231. The van der Waals surface area contributed by atoms with Crippen molar-refractivity contribution < 1.29 is 9.53 Å². The zero-order valence-corrected chi connectivity index (χ0v) is 9.88. The minimum atomic E-state index is -0.562. The Morgan fingerprint density at radius 2 is 2.33 bits per heavy atom. The van der Waals surface area contributed by atoms with Gasteiger partial charge < -0.3 is 15.8 Å². The molecule has 0 aromatic carbocycles. The Balaban J connectivity index is 2.75. The highest BCUT2D eigenvalue weighted by molar-refractivity contribution is 5.84. The van der Waals surface area contributed by atoms with Gasteiger partial charge >= 0.3 is 0 Å². The van der Waals surface area contributed by atoms with E-state index in [0.717, 1.165) is 6.42 Å². The van der Waals surface area contributed by atoms with Gasteiger partial charge in [0, 0.05) is 19.1 Å². The van der Waals surface area contributed by atoms with Crippen molar-refractivity contribution in [2.45, 2.75) is 57.7 Å². The van der Waals surface area contributed by atoms with Crippen molar-refractivity contribution in [3.8, 4) is 0 Å². The molecular formula is C11H22N2O2. The molecule has 1 rings (SSSR count). The van der Waals surface area contributed by atoms with Gasteiger partial charge in [0.05, 0.1) is 6.10 Å². The average Bonchev–Trinajstić information content (AvgIpc) is 2.16. The van der Waals surface area contributed by atoms with E-state index in [1.165, 1.54) is 0 Å². The van der Waals surface area contributed by atoms with Gasteiger partial charge in [-0.1, -0.05) is 6.92 Å². The summed E-state index contributed by atoms with van der Waals surface area (Å²) < 4.78 is 5.57. The van der Waals surface area contributed by atoms with Crippen LogP contribution in [0.4, 0.5) is 0 Å². The fourth-order valence-electron chi connectivity index (χ4n) is 2.19. The quantitative estimate of drug-likeness (QED) is 0.727. The van der Waals surface area contributed by atoms with Crippen LogP contribution in [0.3, 0.4) is 0 Å². The molecule has 1 amide bonds. The van der Waals surface area contributed by atoms with E-state index < -0.39 is 5.54 Å². The summed E-state index contributed by atoms with van der Waals surface area (Å²) in [5, 5.41) is 3.30. The van der Waals surface area contributed by atoms with Crippen molar-refractivity contribution in [2.24, 2.45) is 5.73 Å². The highest BCUT2D eigenvalue weighted by Crippen LogP contribution is 2.26. The molecule has 0 bridgehead atoms. The van der Waals surface area contributed by atoms with Crippen molar-refractivity contribution in [3.05, 3.63) is 0 Å². The van der Waals surface area contributed by atoms with Crippen LogP contribution in [0.25, 0.3) is 0 Å². The Morgan fingerprint density at radius 1 is 1.67 bits per heavy atom. The van der Waals surface area contributed by atoms with E-state index in [1.54, 1.807) is 0 Å². The highest BCUT2D eigenvalue weighted by atomic mass is 16.5. The monoisotopic (exact) mass is 214 g/mol. The molecule has 4 heteroatoms. The topological polar surface area (TPSA) is 64.3 Å². The number of hydrogen-bond acceptors (Lipinski definition) is 3. The number of nitrogens with two attached hydrogens (primary N) is 1. The third-order valence-corrected chi connectivity index (χ3v) is 2.95. The summed E-state index contributed by atoms with van der Waals surface area (Å²) in [6, 6.07) is 0.258. The molecule has 0 aliphatic carbocycles. The van der Waals surface area contributed by atoms with Crippen LogP contribution in [0.5, 0.6) is 0 Å². The molecule has 1 aliphatic rings. The lowest BCUT2D eigenvalue weighted by Crippen LogP contribution is -2.61. The molecule has 2 atom stereocenters. The average molecular weight is 214 g/mol. The van der Waals surface area contributed by atoms with Crippen molar-refractivity contribution in [3.63, 3.8) is 0 Å². The number of carbonyl (C=O) groups excluding carboxylic acids is 1. The SMILES string of the molecule is CCC1CC(NC(C)C)(C(N)=O)CCO1. The van der Waals surface area contributed by atoms with Crippen LogP contribution >= 0.6 is 0 Å². The molecule has 88 valence electrons. The van der Waals surface area contributed by atoms with E-state index in [-0.39, 0.29) is 18.1 Å². The first-order chi connectivity index (χ1) is 7.00. The van der Waals surface area contributed by atoms with Gasteiger partial charge in [0.15, 0.2) is 0 Å². The van der Waals surface area contributed by atoms with Crippen LogP contribution in [0, 0.1) is 0 Å². The lowest BCUT2D eigenvalue weighted by molar-refractivity contribution is -0.132. The van der Waals surface area contributed by atoms with Crippen molar-refractivity contribution in [1.82, 2.24) is 5.32 Å². The standard InChI is InChI=1S/C11H22N2O2/c1-4-9-7-11(10(12)14,5-6-15-9)13-8(2)3/h8-9,13H,4-7H2,1-3H3,(H2,12,14). The third kappa shape index (κ3) is 2.92. The summed E-state index contributed by atoms with van der Waals surface area (Å²) in [5.74, 6) is -0.252. The molecule has 2 unspecified atom stereocenters. The van der Waals surface area contributed by atoms with Gasteiger partial charge in [-0.2, -0.15) is 0 Å². The second kappa shape index (κ2) is 4.94. The van der Waals surface area contributed by atoms with Crippen LogP contribution in [-0.4, -0.2) is 30.2 Å². The number of rotatable bonds is 4. The number of primary amides is 1. The van der Waals surface area contributed by atoms with Gasteiger partial charge in [-0.15, -0.1) is 0 Å². The summed E-state index contributed by atoms with van der Waals surface area (Å²) in [5.41, 5.74) is 4.95. The van der Waals surface area contributed by atoms with Crippen LogP contribution in [0.1, 0.15) is 40.0 Å². The van der Waals surface area contributed by atoms with E-state index in [2.05, 4.69) is 12.2 Å². The predicted octanol–water partition coefficient (Wildman–Crippen LogP) is 0.797. The van der Waals surface area contributed by atoms with E-state index in [1.807, 2.05) is 13.8 Å². The molecule has 1 fully saturated rings. The van der Waals surface area contributed by atoms with Crippen molar-refractivity contribution >= 4 is 5.91 Å². The summed E-state index contributed by atoms with van der Waals surface area (Å²) >= 11 is 0. The first kappa shape index (κ1) is 12.5. The number of ether oxygens (including phenoxy) is 1. The Hall–Kier alpha value is -0.610. The Kier molecular flexibility index (Phi) is 4.11. The molecule has 0 aromatic heterocycles. The maximum absolute atomic E-state index is 11.6. The molecule has 1 saturated heterocycles. The van der Waals surface area contributed by atoms with Crippen LogP contribution in [0.15, 0.2) is 0 Å². The third-order valence-electron chi connectivity index (χ3n) is 2.95. The summed E-state index contributed by atoms with van der Waals surface area (Å²) in [6.45, 7) is 6.74. The second-order valence-corrected chi connectivity index (χ2v) is 4.60. The summed E-state index contributed by atoms with van der Waals surface area (Å²) in [7, 11) is 0. The van der Waals surface area contributed by atoms with E-state index in [4.69, 9.17) is 10.5 Å². The number of hydrogen-bond donors (Lipinski definition) is 2. The van der Waals surface area contributed by atoms with Crippen molar-refractivity contribution in [1.29, 1.82) is 0 Å². The second-order valence-electron chi connectivity index (χ2n) is 4.60. The fourth-order valence-corrected chi connectivity index (χ4v) is 2.19. The molecule has 1 heterocycles. The minimum absolute atomic E-state index is 0.150. The maximum Gasteiger partial charge on any atom is 0.237 e. The predicted molar refractivity (Wildman–Crippen MR) is 59.5 cm³/mol. The Labute approximate surface area is 91.5 Å². The maximum atomic E-state index is 11.6. The normalized spacial score (nSPS) is 31.9. The summed E-state index contributed by atoms with van der Waals surface area (Å²) in [4.78, 5) is 11.6. The van der Waals surface area contributed by atoms with E-state index in [9.17, 15) is 4.79 Å². The van der Waals surface area contributed by atoms with Gasteiger partial charge in [0.25, 0.3) is 0 Å². The molecule has 0 aromatic rings. The zero-order valence-electron chi connectivity index (χ0n) is 9.88. The van der Waals surface area contributed by atoms with Crippen LogP contribution in [0.2, 0.25) is 0 Å². The lowest BCUT2D eigenvalue weighted by Gasteiger charge is -2.40. The Morgan fingerprint density at radius 3 is 2.80 bits per heavy atom. The number of nitrogens with one attached hydrogen (secondary N) is 1. The van der Waals surface area contributed by atoms with Gasteiger partial charge in [-0.3, -0.25) is 4.79 Å². The molecular weight excluding hydrogens is 192 g/mol. The number of amides is 1. The van der Waals surface area contributed by atoms with Gasteiger partial charge in [0.1, 0.15) is 5.54 Å². The lowest BCUT2D eigenvalue weighted by atomic mass is 9.84. The highest BCUT2D eigenvalue weighted by Gasteiger charge is 2.41. The van der Waals surface area contributed by atoms with Gasteiger partial charge in [-0.05, 0) is 26.7 Å². The minimum Gasteiger partial charge on any atom is -0.378 e. The molecule has 15 heavy (non-hydrogen) atoms. The summed E-state index contributed by atoms with van der Waals surface area (Å²) in [6.07, 6.45) is 2.44. The first-order valence-corrected chi connectivity index (χ1v) is 5.69. The first-order valence-electron chi connectivity index (χ1n) is 5.69. The largest absolute Gasteiger partial charge is 0.378 e. The number of carbonyl (C=O) groups is 1. The van der Waals surface area contributed by atoms with Crippen molar-refractivity contribution in [2.75, 3.05) is 6.61 Å². The van der Waals surface area contributed by atoms with Gasteiger partial charge in [-0.25, -0.2) is 0 Å².